The number of hydrogen-bond donors (Lipinski definition) is 0. The molecular weight excluding hydrogens is 322 g/mol. The van der Waals surface area contributed by atoms with Gasteiger partial charge in [-0.05, 0) is 35.6 Å². The summed E-state index contributed by atoms with van der Waals surface area (Å²) in [6.45, 7) is 2.70. The van der Waals surface area contributed by atoms with Crippen LogP contribution >= 0.6 is 11.3 Å². The van der Waals surface area contributed by atoms with Crippen molar-refractivity contribution in [3.63, 3.8) is 0 Å². The molecule has 0 N–H and O–H groups in total. The molecule has 1 aromatic carbocycles. The Morgan fingerprint density at radius 3 is 3.04 bits per heavy atom. The predicted octanol–water partition coefficient (Wildman–Crippen LogP) is 3.88. The molecule has 4 rings (SSSR count). The van der Waals surface area contributed by atoms with Gasteiger partial charge in [0.2, 0.25) is 5.91 Å². The third kappa shape index (κ3) is 2.73. The second-order valence-electron chi connectivity index (χ2n) is 5.86. The van der Waals surface area contributed by atoms with Crippen LogP contribution in [0.4, 0.5) is 5.69 Å². The van der Waals surface area contributed by atoms with E-state index in [1.165, 1.54) is 5.56 Å². The van der Waals surface area contributed by atoms with Gasteiger partial charge in [-0.3, -0.25) is 4.79 Å². The Morgan fingerprint density at radius 1 is 1.33 bits per heavy atom. The molecule has 2 aromatic heterocycles. The summed E-state index contributed by atoms with van der Waals surface area (Å²) in [5.41, 5.74) is 2.17. The van der Waals surface area contributed by atoms with E-state index in [-0.39, 0.29) is 11.8 Å². The molecule has 24 heavy (non-hydrogen) atoms. The normalized spacial score (nSPS) is 17.6. The molecule has 1 aliphatic heterocycles. The van der Waals surface area contributed by atoms with Crippen LogP contribution in [-0.2, 0) is 11.2 Å². The van der Waals surface area contributed by atoms with E-state index >= 15 is 0 Å². The first kappa shape index (κ1) is 15.1. The van der Waals surface area contributed by atoms with Gasteiger partial charge in [-0.25, -0.2) is 0 Å². The molecule has 3 aromatic rings. The summed E-state index contributed by atoms with van der Waals surface area (Å²) in [5, 5.41) is 6.07. The highest BCUT2D eigenvalue weighted by molar-refractivity contribution is 7.13. The van der Waals surface area contributed by atoms with Crippen LogP contribution in [0.2, 0.25) is 0 Å². The van der Waals surface area contributed by atoms with Crippen molar-refractivity contribution in [1.29, 1.82) is 0 Å². The molecule has 1 amide bonds. The van der Waals surface area contributed by atoms with Crippen molar-refractivity contribution < 1.29 is 9.32 Å². The minimum absolute atomic E-state index is 0.0276. The van der Waals surface area contributed by atoms with Crippen LogP contribution in [0.25, 0.3) is 10.8 Å². The Hall–Kier alpha value is -2.47. The van der Waals surface area contributed by atoms with Crippen LogP contribution in [0.3, 0.4) is 0 Å². The molecule has 1 saturated heterocycles. The fourth-order valence-electron chi connectivity index (χ4n) is 2.98. The number of benzene rings is 1. The fourth-order valence-corrected chi connectivity index (χ4v) is 3.62. The van der Waals surface area contributed by atoms with Crippen LogP contribution in [0.5, 0.6) is 0 Å². The molecule has 0 bridgehead atoms. The summed E-state index contributed by atoms with van der Waals surface area (Å²) in [6, 6.07) is 12.0. The first-order valence-corrected chi connectivity index (χ1v) is 8.89. The Bertz CT molecular complexity index is 857. The van der Waals surface area contributed by atoms with Crippen LogP contribution in [-0.4, -0.2) is 22.6 Å². The minimum Gasteiger partial charge on any atom is -0.333 e. The van der Waals surface area contributed by atoms with E-state index < -0.39 is 0 Å². The van der Waals surface area contributed by atoms with E-state index in [0.717, 1.165) is 17.0 Å². The van der Waals surface area contributed by atoms with E-state index in [0.29, 0.717) is 24.7 Å². The predicted molar refractivity (Wildman–Crippen MR) is 93.1 cm³/mol. The van der Waals surface area contributed by atoms with E-state index in [1.807, 2.05) is 34.5 Å². The average Bonchev–Trinajstić information content (AvgIpc) is 3.34. The van der Waals surface area contributed by atoms with Crippen molar-refractivity contribution >= 4 is 22.9 Å². The number of aryl methyl sites for hydroxylation is 1. The van der Waals surface area contributed by atoms with E-state index in [9.17, 15) is 4.79 Å². The van der Waals surface area contributed by atoms with Crippen LogP contribution in [0.15, 0.2) is 46.3 Å². The third-order valence-electron chi connectivity index (χ3n) is 4.29. The average molecular weight is 339 g/mol. The lowest BCUT2D eigenvalue weighted by Gasteiger charge is -2.17. The number of thiophene rings is 1. The Kier molecular flexibility index (Phi) is 3.90. The Balaban J connectivity index is 1.55. The Morgan fingerprint density at radius 2 is 2.25 bits per heavy atom. The largest absolute Gasteiger partial charge is 0.333 e. The van der Waals surface area contributed by atoms with E-state index in [2.05, 4.69) is 29.2 Å². The van der Waals surface area contributed by atoms with Gasteiger partial charge in [0.05, 0.1) is 4.88 Å². The maximum Gasteiger partial charge on any atom is 0.267 e. The molecule has 0 saturated carbocycles. The summed E-state index contributed by atoms with van der Waals surface area (Å²) >= 11 is 1.56. The van der Waals surface area contributed by atoms with E-state index in [4.69, 9.17) is 4.52 Å². The van der Waals surface area contributed by atoms with Crippen molar-refractivity contribution in [2.45, 2.75) is 25.7 Å². The first-order valence-electron chi connectivity index (χ1n) is 8.01. The second-order valence-corrected chi connectivity index (χ2v) is 6.81. The van der Waals surface area contributed by atoms with Crippen molar-refractivity contribution in [2.24, 2.45) is 0 Å². The zero-order chi connectivity index (χ0) is 16.5. The maximum absolute atomic E-state index is 12.4. The van der Waals surface area contributed by atoms with Gasteiger partial charge < -0.3 is 9.42 Å². The van der Waals surface area contributed by atoms with Crippen molar-refractivity contribution in [1.82, 2.24) is 10.1 Å². The van der Waals surface area contributed by atoms with Gasteiger partial charge in [-0.15, -0.1) is 11.3 Å². The summed E-state index contributed by atoms with van der Waals surface area (Å²) < 4.78 is 5.35. The van der Waals surface area contributed by atoms with Crippen molar-refractivity contribution in [3.05, 3.63) is 53.2 Å². The highest BCUT2D eigenvalue weighted by Crippen LogP contribution is 2.32. The number of aromatic nitrogens is 2. The lowest BCUT2D eigenvalue weighted by atomic mass is 10.1. The van der Waals surface area contributed by atoms with Gasteiger partial charge in [0, 0.05) is 24.6 Å². The van der Waals surface area contributed by atoms with Crippen LogP contribution < -0.4 is 4.90 Å². The number of anilines is 1. The SMILES string of the molecule is CCc1cccc(N2CC(c3noc(-c4cccs4)n3)CC2=O)c1. The molecule has 1 unspecified atom stereocenters. The lowest BCUT2D eigenvalue weighted by molar-refractivity contribution is -0.117. The van der Waals surface area contributed by atoms with Gasteiger partial charge in [0.15, 0.2) is 5.82 Å². The fraction of sp³-hybridized carbons (Fsp3) is 0.278. The third-order valence-corrected chi connectivity index (χ3v) is 5.15. The number of carbonyl (C=O) groups excluding carboxylic acids is 1. The molecule has 122 valence electrons. The summed E-state index contributed by atoms with van der Waals surface area (Å²) in [7, 11) is 0. The summed E-state index contributed by atoms with van der Waals surface area (Å²) in [5.74, 6) is 1.22. The van der Waals surface area contributed by atoms with E-state index in [1.54, 1.807) is 11.3 Å². The standard InChI is InChI=1S/C18H17N3O2S/c1-2-12-5-3-6-14(9-12)21-11-13(10-16(21)22)17-19-18(23-20-17)15-7-4-8-24-15/h3-9,13H,2,10-11H2,1H3. The highest BCUT2D eigenvalue weighted by Gasteiger charge is 2.34. The number of nitrogens with zero attached hydrogens (tertiary/aromatic N) is 3. The molecule has 0 radical (unpaired) electrons. The number of carbonyl (C=O) groups is 1. The maximum atomic E-state index is 12.4. The van der Waals surface area contributed by atoms with Crippen molar-refractivity contribution in [2.75, 3.05) is 11.4 Å². The zero-order valence-corrected chi connectivity index (χ0v) is 14.1. The number of hydrogen-bond acceptors (Lipinski definition) is 5. The quantitative estimate of drug-likeness (QED) is 0.724. The number of rotatable bonds is 4. The molecule has 5 nitrogen and oxygen atoms in total. The van der Waals surface area contributed by atoms with Gasteiger partial charge in [0.25, 0.3) is 5.89 Å². The summed E-state index contributed by atoms with van der Waals surface area (Å²) in [4.78, 5) is 19.7. The molecule has 6 heteroatoms. The van der Waals surface area contributed by atoms with Crippen LogP contribution in [0, 0.1) is 0 Å². The van der Waals surface area contributed by atoms with Gasteiger partial charge >= 0.3 is 0 Å². The van der Waals surface area contributed by atoms with Gasteiger partial charge in [0.1, 0.15) is 0 Å². The van der Waals surface area contributed by atoms with Gasteiger partial charge in [-0.2, -0.15) is 4.98 Å². The smallest absolute Gasteiger partial charge is 0.267 e. The molecule has 3 heterocycles. The zero-order valence-electron chi connectivity index (χ0n) is 13.3. The van der Waals surface area contributed by atoms with Gasteiger partial charge in [-0.1, -0.05) is 30.3 Å². The molecule has 0 aliphatic carbocycles. The minimum atomic E-state index is -0.0276. The highest BCUT2D eigenvalue weighted by atomic mass is 32.1. The van der Waals surface area contributed by atoms with Crippen molar-refractivity contribution in [3.8, 4) is 10.8 Å². The summed E-state index contributed by atoms with van der Waals surface area (Å²) in [6.07, 6.45) is 1.37. The van der Waals surface area contributed by atoms with Crippen LogP contribution in [0.1, 0.15) is 30.7 Å². The monoisotopic (exact) mass is 339 g/mol. The lowest BCUT2D eigenvalue weighted by Crippen LogP contribution is -2.24. The first-order chi connectivity index (χ1) is 11.7. The second kappa shape index (κ2) is 6.20. The molecule has 0 spiro atoms. The molecule has 1 atom stereocenters. The molecule has 1 fully saturated rings. The molecular formula is C18H17N3O2S. The Labute approximate surface area is 143 Å². The number of amides is 1. The molecule has 1 aliphatic rings. The topological polar surface area (TPSA) is 59.2 Å².